The van der Waals surface area contributed by atoms with E-state index in [9.17, 15) is 21.6 Å². The quantitative estimate of drug-likeness (QED) is 0.336. The average molecular weight is 516 g/mol. The Morgan fingerprint density at radius 1 is 0.875 bits per heavy atom. The minimum absolute atomic E-state index is 0.263. The van der Waals surface area contributed by atoms with Gasteiger partial charge in [-0.3, -0.25) is 9.52 Å². The lowest BCUT2D eigenvalue weighted by atomic mass is 10.1. The van der Waals surface area contributed by atoms with E-state index in [1.165, 1.54) is 48.5 Å². The number of hydrogen-bond acceptors (Lipinski definition) is 8. The van der Waals surface area contributed by atoms with Gasteiger partial charge in [0.05, 0.1) is 0 Å². The number of rotatable bonds is 9. The van der Waals surface area contributed by atoms with Gasteiger partial charge in [0.25, 0.3) is 0 Å². The number of anilines is 1. The molecule has 0 spiro atoms. The zero-order valence-electron chi connectivity index (χ0n) is 16.1. The van der Waals surface area contributed by atoms with Crippen molar-refractivity contribution in [1.82, 2.24) is 10.2 Å². The first-order valence-corrected chi connectivity index (χ1v) is 12.9. The second-order valence-corrected chi connectivity index (χ2v) is 10.9. The van der Waals surface area contributed by atoms with E-state index < -0.39 is 37.1 Å². The van der Waals surface area contributed by atoms with Crippen molar-refractivity contribution in [3.63, 3.8) is 0 Å². The molecule has 168 valence electrons. The molecule has 2 aromatic carbocycles. The molecule has 0 bridgehead atoms. The van der Waals surface area contributed by atoms with E-state index in [1.54, 1.807) is 0 Å². The van der Waals surface area contributed by atoms with Gasteiger partial charge in [-0.1, -0.05) is 23.2 Å². The maximum Gasteiger partial charge on any atom is 0.241 e. The number of sulfone groups is 1. The van der Waals surface area contributed by atoms with Gasteiger partial charge in [0, 0.05) is 26.7 Å². The molecule has 1 heterocycles. The summed E-state index contributed by atoms with van der Waals surface area (Å²) in [5.41, 5.74) is 0.548. The molecule has 0 aliphatic carbocycles. The number of carbonyl (C=O) groups excluding carboxylic acids is 1. The predicted octanol–water partition coefficient (Wildman–Crippen LogP) is 3.63. The molecule has 32 heavy (non-hydrogen) atoms. The van der Waals surface area contributed by atoms with Crippen LogP contribution in [0.15, 0.2) is 64.4 Å². The van der Waals surface area contributed by atoms with Crippen LogP contribution in [0.4, 0.5) is 5.69 Å². The fourth-order valence-corrected chi connectivity index (χ4v) is 4.55. The van der Waals surface area contributed by atoms with E-state index >= 15 is 0 Å². The molecule has 0 fully saturated rings. The van der Waals surface area contributed by atoms with Crippen molar-refractivity contribution in [3.05, 3.63) is 87.4 Å². The standard InChI is InChI=1S/C19H15Cl2N3O6S2/c20-14-3-1-13(2-4-14)17(25)9-10-31(26,27)11-18-22-23-19(30-18)12-32(28,29)24-16-7-5-15(21)6-8-16/h1-10,24H,11-12H2/b10-9+. The number of hydrogen-bond donors (Lipinski definition) is 1. The van der Waals surface area contributed by atoms with Crippen LogP contribution in [0, 0.1) is 0 Å². The van der Waals surface area contributed by atoms with Crippen LogP contribution in [0.5, 0.6) is 0 Å². The number of ketones is 1. The Kier molecular flexibility index (Phi) is 7.34. The molecule has 1 N–H and O–H groups in total. The van der Waals surface area contributed by atoms with Crippen molar-refractivity contribution >= 4 is 54.5 Å². The van der Waals surface area contributed by atoms with Gasteiger partial charge in [0.15, 0.2) is 15.6 Å². The monoisotopic (exact) mass is 515 g/mol. The van der Waals surface area contributed by atoms with E-state index in [0.29, 0.717) is 10.0 Å². The highest BCUT2D eigenvalue weighted by Gasteiger charge is 2.20. The number of aromatic nitrogens is 2. The first-order valence-electron chi connectivity index (χ1n) is 8.79. The Labute approximate surface area is 194 Å². The fourth-order valence-electron chi connectivity index (χ4n) is 2.40. The van der Waals surface area contributed by atoms with Gasteiger partial charge >= 0.3 is 0 Å². The Hall–Kier alpha value is -2.73. The fraction of sp³-hybridized carbons (Fsp3) is 0.105. The molecular formula is C19H15Cl2N3O6S2. The lowest BCUT2D eigenvalue weighted by Crippen LogP contribution is -2.15. The number of nitrogens with one attached hydrogen (secondary N) is 1. The van der Waals surface area contributed by atoms with Crippen LogP contribution in [-0.2, 0) is 31.4 Å². The molecule has 0 unspecified atom stereocenters. The minimum atomic E-state index is -3.93. The first kappa shape index (κ1) is 23.9. The lowest BCUT2D eigenvalue weighted by Gasteiger charge is -2.05. The van der Waals surface area contributed by atoms with Gasteiger partial charge in [-0.2, -0.15) is 0 Å². The highest BCUT2D eigenvalue weighted by molar-refractivity contribution is 7.93. The molecule has 9 nitrogen and oxygen atoms in total. The summed E-state index contributed by atoms with van der Waals surface area (Å²) in [6.45, 7) is 0. The zero-order valence-corrected chi connectivity index (χ0v) is 19.2. The molecule has 0 aliphatic rings. The summed E-state index contributed by atoms with van der Waals surface area (Å²) in [4.78, 5) is 12.1. The normalized spacial score (nSPS) is 12.2. The van der Waals surface area contributed by atoms with Gasteiger partial charge in [-0.25, -0.2) is 16.8 Å². The Morgan fingerprint density at radius 3 is 2.00 bits per heavy atom. The van der Waals surface area contributed by atoms with Crippen molar-refractivity contribution < 1.29 is 26.0 Å². The van der Waals surface area contributed by atoms with Crippen molar-refractivity contribution in [2.24, 2.45) is 0 Å². The topological polar surface area (TPSA) is 136 Å². The SMILES string of the molecule is O=C(/C=C/S(=O)(=O)Cc1nnc(CS(=O)(=O)Nc2ccc(Cl)cc2)o1)c1ccc(Cl)cc1. The van der Waals surface area contributed by atoms with Crippen molar-refractivity contribution in [2.75, 3.05) is 4.72 Å². The van der Waals surface area contributed by atoms with Crippen LogP contribution in [0.1, 0.15) is 22.1 Å². The van der Waals surface area contributed by atoms with Gasteiger partial charge in [-0.05, 0) is 54.6 Å². The van der Waals surface area contributed by atoms with E-state index in [-0.39, 0.29) is 23.0 Å². The molecular weight excluding hydrogens is 501 g/mol. The van der Waals surface area contributed by atoms with Crippen LogP contribution in [0.25, 0.3) is 0 Å². The van der Waals surface area contributed by atoms with Crippen LogP contribution in [0.2, 0.25) is 10.0 Å². The Bertz CT molecular complexity index is 1350. The third-order valence-electron chi connectivity index (χ3n) is 3.82. The third kappa shape index (κ3) is 7.16. The first-order chi connectivity index (χ1) is 15.0. The number of halogens is 2. The molecule has 0 aliphatic heterocycles. The molecule has 0 saturated heterocycles. The maximum absolute atomic E-state index is 12.2. The second-order valence-electron chi connectivity index (χ2n) is 6.44. The number of allylic oxidation sites excluding steroid dienone is 1. The van der Waals surface area contributed by atoms with Crippen LogP contribution >= 0.6 is 23.2 Å². The van der Waals surface area contributed by atoms with E-state index in [4.69, 9.17) is 27.6 Å². The van der Waals surface area contributed by atoms with Gasteiger partial charge in [0.2, 0.25) is 21.8 Å². The third-order valence-corrected chi connectivity index (χ3v) is 6.70. The number of nitrogens with zero attached hydrogens (tertiary/aromatic N) is 2. The summed E-state index contributed by atoms with van der Waals surface area (Å²) >= 11 is 11.5. The van der Waals surface area contributed by atoms with Gasteiger partial charge in [0.1, 0.15) is 11.5 Å². The van der Waals surface area contributed by atoms with Crippen LogP contribution in [0.3, 0.4) is 0 Å². The molecule has 0 atom stereocenters. The van der Waals surface area contributed by atoms with E-state index in [1.807, 2.05) is 0 Å². The minimum Gasteiger partial charge on any atom is -0.423 e. The molecule has 3 aromatic rings. The predicted molar refractivity (Wildman–Crippen MR) is 120 cm³/mol. The number of sulfonamides is 1. The smallest absolute Gasteiger partial charge is 0.241 e. The highest BCUT2D eigenvalue weighted by Crippen LogP contribution is 2.17. The molecule has 0 amide bonds. The number of carbonyl (C=O) groups is 1. The molecule has 0 radical (unpaired) electrons. The number of benzene rings is 2. The summed E-state index contributed by atoms with van der Waals surface area (Å²) in [6.07, 6.45) is 0.899. The van der Waals surface area contributed by atoms with Crippen molar-refractivity contribution in [2.45, 2.75) is 11.5 Å². The second kappa shape index (κ2) is 9.82. The van der Waals surface area contributed by atoms with Crippen molar-refractivity contribution in [3.8, 4) is 0 Å². The Balaban J connectivity index is 1.62. The zero-order chi connectivity index (χ0) is 23.4. The summed E-state index contributed by atoms with van der Waals surface area (Å²) in [7, 11) is -7.82. The maximum atomic E-state index is 12.2. The Morgan fingerprint density at radius 2 is 1.41 bits per heavy atom. The highest BCUT2D eigenvalue weighted by atomic mass is 35.5. The summed E-state index contributed by atoms with van der Waals surface area (Å²) in [6, 6.07) is 11.9. The van der Waals surface area contributed by atoms with Crippen molar-refractivity contribution in [1.29, 1.82) is 0 Å². The molecule has 3 rings (SSSR count). The van der Waals surface area contributed by atoms with E-state index in [2.05, 4.69) is 14.9 Å². The average Bonchev–Trinajstić information content (AvgIpc) is 3.13. The van der Waals surface area contributed by atoms with E-state index in [0.717, 1.165) is 11.5 Å². The van der Waals surface area contributed by atoms with Crippen LogP contribution in [-0.4, -0.2) is 32.8 Å². The summed E-state index contributed by atoms with van der Waals surface area (Å²) in [5, 5.41) is 8.74. The summed E-state index contributed by atoms with van der Waals surface area (Å²) < 4.78 is 56.4. The van der Waals surface area contributed by atoms with Gasteiger partial charge < -0.3 is 4.42 Å². The van der Waals surface area contributed by atoms with Crippen LogP contribution < -0.4 is 4.72 Å². The van der Waals surface area contributed by atoms with Gasteiger partial charge in [-0.15, -0.1) is 10.2 Å². The lowest BCUT2D eigenvalue weighted by molar-refractivity contribution is 0.104. The largest absolute Gasteiger partial charge is 0.423 e. The molecule has 1 aromatic heterocycles. The molecule has 13 heteroatoms. The summed E-state index contributed by atoms with van der Waals surface area (Å²) in [5.74, 6) is -2.50. The molecule has 0 saturated carbocycles.